The van der Waals surface area contributed by atoms with Crippen LogP contribution in [0, 0.1) is 5.92 Å². The van der Waals surface area contributed by atoms with Crippen LogP contribution < -0.4 is 0 Å². The Kier molecular flexibility index (Phi) is 2.88. The van der Waals surface area contributed by atoms with Crippen LogP contribution in [0.4, 0.5) is 4.79 Å². The molecule has 56 valence electrons. The van der Waals surface area contributed by atoms with Gasteiger partial charge in [0, 0.05) is 5.92 Å². The number of carbonyl (C=O) groups is 1. The first-order valence-corrected chi connectivity index (χ1v) is 4.57. The molecule has 0 bridgehead atoms. The quantitative estimate of drug-likeness (QED) is 0.398. The maximum atomic E-state index is 10.7. The molecule has 10 heavy (non-hydrogen) atoms. The molecular formula is C7H11O2P. The zero-order chi connectivity index (χ0) is 7.40. The van der Waals surface area contributed by atoms with Gasteiger partial charge in [0.15, 0.2) is 0 Å². The molecule has 0 fully saturated rings. The number of hydrogen-bond acceptors (Lipinski definition) is 2. The third-order valence-corrected chi connectivity index (χ3v) is 2.18. The molecule has 0 N–H and O–H groups in total. The van der Waals surface area contributed by atoms with E-state index in [4.69, 9.17) is 4.74 Å². The molecule has 0 aromatic carbocycles. The Morgan fingerprint density at radius 1 is 1.80 bits per heavy atom. The standard InChI is InChI=1S/C7H11O2P/c1-6-3-2-4-10-7(8)9-5-6/h2-3,6,10H,4-5H2,1H3/b3-2-. The maximum Gasteiger partial charge on any atom is 0.323 e. The Labute approximate surface area is 62.4 Å². The molecule has 1 aliphatic rings. The SMILES string of the molecule is CC1/C=C\CPC(=O)OC1. The Balaban J connectivity index is 2.45. The van der Waals surface area contributed by atoms with Crippen LogP contribution >= 0.6 is 8.58 Å². The van der Waals surface area contributed by atoms with Gasteiger partial charge in [-0.25, -0.2) is 4.79 Å². The summed E-state index contributed by atoms with van der Waals surface area (Å²) in [5.74, 6) is 0.383. The zero-order valence-electron chi connectivity index (χ0n) is 5.96. The molecule has 1 rings (SSSR count). The first-order valence-electron chi connectivity index (χ1n) is 3.36. The summed E-state index contributed by atoms with van der Waals surface area (Å²) in [6.07, 6.45) is 5.01. The fraction of sp³-hybridized carbons (Fsp3) is 0.571. The van der Waals surface area contributed by atoms with Gasteiger partial charge in [0.2, 0.25) is 0 Å². The number of carbonyl (C=O) groups excluding carboxylic acids is 1. The molecule has 0 aliphatic carbocycles. The maximum absolute atomic E-state index is 10.7. The van der Waals surface area contributed by atoms with Crippen molar-refractivity contribution in [2.24, 2.45) is 5.92 Å². The van der Waals surface area contributed by atoms with Gasteiger partial charge in [-0.3, -0.25) is 0 Å². The lowest BCUT2D eigenvalue weighted by Crippen LogP contribution is -2.07. The van der Waals surface area contributed by atoms with Gasteiger partial charge in [-0.1, -0.05) is 19.1 Å². The van der Waals surface area contributed by atoms with E-state index in [9.17, 15) is 4.79 Å². The van der Waals surface area contributed by atoms with Gasteiger partial charge in [-0.05, 0) is 14.7 Å². The second-order valence-corrected chi connectivity index (χ2v) is 3.55. The average Bonchev–Trinajstić information content (AvgIpc) is 1.90. The molecule has 0 radical (unpaired) electrons. The number of cyclic esters (lactones) is 1. The number of ether oxygens (including phenoxy) is 1. The number of allylic oxidation sites excluding steroid dienone is 1. The summed E-state index contributed by atoms with van der Waals surface area (Å²) in [6.45, 7) is 2.58. The zero-order valence-corrected chi connectivity index (χ0v) is 6.96. The van der Waals surface area contributed by atoms with E-state index in [1.165, 1.54) is 0 Å². The molecule has 0 aromatic heterocycles. The van der Waals surface area contributed by atoms with Crippen molar-refractivity contribution in [1.29, 1.82) is 0 Å². The van der Waals surface area contributed by atoms with E-state index in [1.807, 2.05) is 6.92 Å². The average molecular weight is 158 g/mol. The van der Waals surface area contributed by atoms with Crippen LogP contribution in [0.2, 0.25) is 0 Å². The fourth-order valence-corrected chi connectivity index (χ4v) is 1.36. The lowest BCUT2D eigenvalue weighted by Gasteiger charge is -2.09. The topological polar surface area (TPSA) is 26.3 Å². The highest BCUT2D eigenvalue weighted by atomic mass is 31.1. The molecule has 0 aromatic rings. The van der Waals surface area contributed by atoms with Crippen molar-refractivity contribution < 1.29 is 9.53 Å². The highest BCUT2D eigenvalue weighted by Gasteiger charge is 2.06. The summed E-state index contributed by atoms with van der Waals surface area (Å²) in [4.78, 5) is 10.7. The summed E-state index contributed by atoms with van der Waals surface area (Å²) in [5, 5.41) is 0. The largest absolute Gasteiger partial charge is 0.462 e. The molecule has 0 saturated heterocycles. The molecule has 2 atom stereocenters. The van der Waals surface area contributed by atoms with Gasteiger partial charge in [0.1, 0.15) is 0 Å². The Morgan fingerprint density at radius 2 is 2.60 bits per heavy atom. The minimum absolute atomic E-state index is 0.0452. The predicted molar refractivity (Wildman–Crippen MR) is 42.8 cm³/mol. The van der Waals surface area contributed by atoms with Crippen LogP contribution in [0.15, 0.2) is 12.2 Å². The first-order chi connectivity index (χ1) is 4.79. The van der Waals surface area contributed by atoms with Crippen LogP contribution in [0.5, 0.6) is 0 Å². The van der Waals surface area contributed by atoms with Gasteiger partial charge in [-0.2, -0.15) is 0 Å². The number of hydrogen-bond donors (Lipinski definition) is 0. The van der Waals surface area contributed by atoms with Gasteiger partial charge in [-0.15, -0.1) is 0 Å². The number of rotatable bonds is 0. The van der Waals surface area contributed by atoms with Gasteiger partial charge < -0.3 is 4.74 Å². The van der Waals surface area contributed by atoms with E-state index in [-0.39, 0.29) is 5.71 Å². The molecular weight excluding hydrogens is 147 g/mol. The first kappa shape index (κ1) is 7.74. The van der Waals surface area contributed by atoms with Crippen LogP contribution in [-0.2, 0) is 4.74 Å². The molecule has 1 heterocycles. The summed E-state index contributed by atoms with van der Waals surface area (Å²) < 4.78 is 4.92. The van der Waals surface area contributed by atoms with E-state index >= 15 is 0 Å². The summed E-state index contributed by atoms with van der Waals surface area (Å²) in [6, 6.07) is 0. The fourth-order valence-electron chi connectivity index (χ4n) is 0.756. The van der Waals surface area contributed by atoms with Crippen LogP contribution in [0.25, 0.3) is 0 Å². The van der Waals surface area contributed by atoms with Gasteiger partial charge in [0.25, 0.3) is 0 Å². The minimum atomic E-state index is -0.0452. The van der Waals surface area contributed by atoms with Crippen molar-refractivity contribution in [3.05, 3.63) is 12.2 Å². The molecule has 0 spiro atoms. The molecule has 0 amide bonds. The van der Waals surface area contributed by atoms with Crippen molar-refractivity contribution in [1.82, 2.24) is 0 Å². The second kappa shape index (κ2) is 3.72. The molecule has 1 aliphatic heterocycles. The third kappa shape index (κ3) is 2.49. The summed E-state index contributed by atoms with van der Waals surface area (Å²) in [5.41, 5.74) is -0.0452. The highest BCUT2D eigenvalue weighted by Crippen LogP contribution is 2.17. The highest BCUT2D eigenvalue weighted by molar-refractivity contribution is 7.57. The third-order valence-electron chi connectivity index (χ3n) is 1.31. The summed E-state index contributed by atoms with van der Waals surface area (Å²) >= 11 is 0. The Morgan fingerprint density at radius 3 is 3.40 bits per heavy atom. The molecule has 2 unspecified atom stereocenters. The van der Waals surface area contributed by atoms with Crippen molar-refractivity contribution in [2.45, 2.75) is 6.92 Å². The van der Waals surface area contributed by atoms with E-state index in [0.717, 1.165) is 6.16 Å². The van der Waals surface area contributed by atoms with Crippen LogP contribution in [0.3, 0.4) is 0 Å². The van der Waals surface area contributed by atoms with Crippen molar-refractivity contribution >= 4 is 14.3 Å². The van der Waals surface area contributed by atoms with Crippen molar-refractivity contribution in [3.63, 3.8) is 0 Å². The van der Waals surface area contributed by atoms with Crippen LogP contribution in [-0.4, -0.2) is 18.5 Å². The van der Waals surface area contributed by atoms with Crippen LogP contribution in [0.1, 0.15) is 6.92 Å². The lowest BCUT2D eigenvalue weighted by molar-refractivity contribution is 0.164. The van der Waals surface area contributed by atoms with Gasteiger partial charge >= 0.3 is 5.71 Å². The lowest BCUT2D eigenvalue weighted by atomic mass is 10.2. The van der Waals surface area contributed by atoms with Gasteiger partial charge in [0.05, 0.1) is 6.61 Å². The normalized spacial score (nSPS) is 32.5. The van der Waals surface area contributed by atoms with Crippen molar-refractivity contribution in [2.75, 3.05) is 12.8 Å². The smallest absolute Gasteiger partial charge is 0.323 e. The van der Waals surface area contributed by atoms with E-state index in [1.54, 1.807) is 0 Å². The Bertz CT molecular complexity index is 154. The molecule has 3 heteroatoms. The Hall–Kier alpha value is -0.360. The predicted octanol–water partition coefficient (Wildman–Crippen LogP) is 2.01. The molecule has 0 saturated carbocycles. The van der Waals surface area contributed by atoms with E-state index in [0.29, 0.717) is 21.1 Å². The monoisotopic (exact) mass is 158 g/mol. The van der Waals surface area contributed by atoms with Crippen molar-refractivity contribution in [3.8, 4) is 0 Å². The summed E-state index contributed by atoms with van der Waals surface area (Å²) in [7, 11) is 0.306. The van der Waals surface area contributed by atoms with E-state index < -0.39 is 0 Å². The minimum Gasteiger partial charge on any atom is -0.462 e. The second-order valence-electron chi connectivity index (χ2n) is 2.38. The molecule has 2 nitrogen and oxygen atoms in total. The van der Waals surface area contributed by atoms with E-state index in [2.05, 4.69) is 12.2 Å².